The first-order valence-corrected chi connectivity index (χ1v) is 9.82. The Morgan fingerprint density at radius 2 is 1.67 bits per heavy atom. The number of ether oxygens (including phenoxy) is 1. The van der Waals surface area contributed by atoms with Gasteiger partial charge in [0.05, 0.1) is 0 Å². The van der Waals surface area contributed by atoms with E-state index < -0.39 is 6.10 Å². The summed E-state index contributed by atoms with van der Waals surface area (Å²) in [6.07, 6.45) is 0.0983. The summed E-state index contributed by atoms with van der Waals surface area (Å²) < 4.78 is 5.92. The van der Waals surface area contributed by atoms with Gasteiger partial charge in [0, 0.05) is 12.2 Å². The van der Waals surface area contributed by atoms with E-state index >= 15 is 0 Å². The number of hydrogen-bond donors (Lipinski definition) is 1. The number of anilines is 1. The Hall–Kier alpha value is -2.33. The van der Waals surface area contributed by atoms with E-state index in [1.54, 1.807) is 0 Å². The first kappa shape index (κ1) is 21.0. The minimum Gasteiger partial charge on any atom is -0.481 e. The molecule has 0 saturated carbocycles. The van der Waals surface area contributed by atoms with Crippen LogP contribution >= 0.6 is 0 Å². The number of nitrogens with zero attached hydrogens (tertiary/aromatic N) is 1. The molecule has 27 heavy (non-hydrogen) atoms. The predicted molar refractivity (Wildman–Crippen MR) is 112 cm³/mol. The fraction of sp³-hybridized carbons (Fsp3) is 0.435. The zero-order valence-corrected chi connectivity index (χ0v) is 17.2. The molecule has 1 unspecified atom stereocenters. The van der Waals surface area contributed by atoms with Crippen LogP contribution in [0.3, 0.4) is 0 Å². The lowest BCUT2D eigenvalue weighted by Crippen LogP contribution is -2.32. The molecule has 2 aromatic rings. The van der Waals surface area contributed by atoms with E-state index in [0.717, 1.165) is 36.6 Å². The highest BCUT2D eigenvalue weighted by molar-refractivity contribution is 5.94. The highest BCUT2D eigenvalue weighted by Crippen LogP contribution is 2.19. The highest BCUT2D eigenvalue weighted by Gasteiger charge is 2.18. The van der Waals surface area contributed by atoms with Crippen molar-refractivity contribution in [3.63, 3.8) is 0 Å². The number of aryl methyl sites for hydroxylation is 2. The van der Waals surface area contributed by atoms with Crippen LogP contribution in [0.25, 0.3) is 0 Å². The van der Waals surface area contributed by atoms with Crippen LogP contribution in [0, 0.1) is 13.8 Å². The van der Waals surface area contributed by atoms with Crippen molar-refractivity contribution in [2.45, 2.75) is 53.7 Å². The highest BCUT2D eigenvalue weighted by atomic mass is 16.5. The van der Waals surface area contributed by atoms with Crippen LogP contribution in [0.5, 0.6) is 5.75 Å². The van der Waals surface area contributed by atoms with Crippen molar-refractivity contribution in [2.75, 3.05) is 18.4 Å². The molecule has 0 aliphatic heterocycles. The van der Waals surface area contributed by atoms with Gasteiger partial charge >= 0.3 is 0 Å². The van der Waals surface area contributed by atoms with Gasteiger partial charge in [0.15, 0.2) is 6.10 Å². The van der Waals surface area contributed by atoms with Crippen LogP contribution in [-0.2, 0) is 11.3 Å². The number of rotatable bonds is 9. The van der Waals surface area contributed by atoms with Gasteiger partial charge in [-0.3, -0.25) is 9.69 Å². The quantitative estimate of drug-likeness (QED) is 0.681. The molecule has 0 fully saturated rings. The van der Waals surface area contributed by atoms with Crippen molar-refractivity contribution in [1.29, 1.82) is 0 Å². The second kappa shape index (κ2) is 10.1. The Balaban J connectivity index is 1.98. The van der Waals surface area contributed by atoms with Crippen LogP contribution in [0.4, 0.5) is 5.69 Å². The maximum absolute atomic E-state index is 12.6. The molecule has 2 rings (SSSR count). The number of carbonyl (C=O) groups excluding carboxylic acids is 1. The van der Waals surface area contributed by atoms with E-state index in [4.69, 9.17) is 4.74 Å². The minimum atomic E-state index is -0.512. The summed E-state index contributed by atoms with van der Waals surface area (Å²) in [5.74, 6) is 0.613. The van der Waals surface area contributed by atoms with Crippen molar-refractivity contribution in [1.82, 2.24) is 4.90 Å². The number of benzene rings is 2. The van der Waals surface area contributed by atoms with Gasteiger partial charge in [0.1, 0.15) is 5.75 Å². The van der Waals surface area contributed by atoms with Gasteiger partial charge in [0.25, 0.3) is 5.91 Å². The zero-order chi connectivity index (χ0) is 19.8. The van der Waals surface area contributed by atoms with E-state index in [0.29, 0.717) is 6.42 Å². The molecule has 0 aromatic heterocycles. The number of hydrogen-bond acceptors (Lipinski definition) is 3. The Morgan fingerprint density at radius 1 is 1.00 bits per heavy atom. The Bertz CT molecular complexity index is 737. The standard InChI is InChI=1S/C23H32N2O2/c1-6-22(27-21-14-9-17(4)18(5)15-21)23(26)24-20-12-10-19(11-13-20)16-25(7-2)8-3/h9-15,22H,6-8,16H2,1-5H3,(H,24,26). The third-order valence-electron chi connectivity index (χ3n) is 4.94. The first-order chi connectivity index (χ1) is 13.0. The summed E-state index contributed by atoms with van der Waals surface area (Å²) >= 11 is 0. The molecule has 4 nitrogen and oxygen atoms in total. The fourth-order valence-corrected chi connectivity index (χ4v) is 2.90. The van der Waals surface area contributed by atoms with Crippen LogP contribution in [0.1, 0.15) is 43.9 Å². The van der Waals surface area contributed by atoms with Crippen molar-refractivity contribution >= 4 is 11.6 Å². The lowest BCUT2D eigenvalue weighted by atomic mass is 10.1. The first-order valence-electron chi connectivity index (χ1n) is 9.82. The summed E-state index contributed by atoms with van der Waals surface area (Å²) in [5.41, 5.74) is 4.41. The molecule has 1 amide bonds. The molecule has 0 aliphatic carbocycles. The van der Waals surface area contributed by atoms with Gasteiger partial charge in [0.2, 0.25) is 0 Å². The van der Waals surface area contributed by atoms with Crippen LogP contribution in [0.2, 0.25) is 0 Å². The van der Waals surface area contributed by atoms with Crippen molar-refractivity contribution in [3.8, 4) is 5.75 Å². The van der Waals surface area contributed by atoms with Crippen molar-refractivity contribution in [3.05, 3.63) is 59.2 Å². The Labute approximate surface area is 163 Å². The molecule has 1 atom stereocenters. The normalized spacial score (nSPS) is 12.1. The van der Waals surface area contributed by atoms with E-state index in [1.807, 2.05) is 44.2 Å². The van der Waals surface area contributed by atoms with E-state index in [2.05, 4.69) is 43.1 Å². The monoisotopic (exact) mass is 368 g/mol. The van der Waals surface area contributed by atoms with Gasteiger partial charge in [-0.25, -0.2) is 0 Å². The lowest BCUT2D eigenvalue weighted by Gasteiger charge is -2.19. The molecule has 1 N–H and O–H groups in total. The summed E-state index contributed by atoms with van der Waals surface area (Å²) in [7, 11) is 0. The molecule has 4 heteroatoms. The third-order valence-corrected chi connectivity index (χ3v) is 4.94. The molecular formula is C23H32N2O2. The summed E-state index contributed by atoms with van der Waals surface area (Å²) in [4.78, 5) is 15.0. The second-order valence-corrected chi connectivity index (χ2v) is 6.91. The molecular weight excluding hydrogens is 336 g/mol. The van der Waals surface area contributed by atoms with Crippen LogP contribution in [-0.4, -0.2) is 30.0 Å². The average molecular weight is 369 g/mol. The molecule has 0 radical (unpaired) electrons. The number of amides is 1. The molecule has 0 spiro atoms. The SMILES string of the molecule is CCC(Oc1ccc(C)c(C)c1)C(=O)Nc1ccc(CN(CC)CC)cc1. The van der Waals surface area contributed by atoms with Gasteiger partial charge in [-0.1, -0.05) is 39.0 Å². The predicted octanol–water partition coefficient (Wildman–Crippen LogP) is 4.94. The van der Waals surface area contributed by atoms with Crippen LogP contribution in [0.15, 0.2) is 42.5 Å². The van der Waals surface area contributed by atoms with Gasteiger partial charge < -0.3 is 10.1 Å². The zero-order valence-electron chi connectivity index (χ0n) is 17.2. The smallest absolute Gasteiger partial charge is 0.265 e. The molecule has 2 aromatic carbocycles. The molecule has 0 heterocycles. The number of nitrogens with one attached hydrogen (secondary N) is 1. The third kappa shape index (κ3) is 6.10. The number of carbonyl (C=O) groups is 1. The summed E-state index contributed by atoms with van der Waals surface area (Å²) in [6.45, 7) is 13.4. The molecule has 0 aliphatic rings. The summed E-state index contributed by atoms with van der Waals surface area (Å²) in [5, 5.41) is 2.97. The lowest BCUT2D eigenvalue weighted by molar-refractivity contribution is -0.122. The maximum atomic E-state index is 12.6. The Morgan fingerprint density at radius 3 is 2.22 bits per heavy atom. The maximum Gasteiger partial charge on any atom is 0.265 e. The van der Waals surface area contributed by atoms with Crippen molar-refractivity contribution < 1.29 is 9.53 Å². The Kier molecular flexibility index (Phi) is 7.86. The van der Waals surface area contributed by atoms with Crippen molar-refractivity contribution in [2.24, 2.45) is 0 Å². The van der Waals surface area contributed by atoms with Gasteiger partial charge in [-0.2, -0.15) is 0 Å². The average Bonchev–Trinajstić information content (AvgIpc) is 2.68. The van der Waals surface area contributed by atoms with Gasteiger partial charge in [-0.15, -0.1) is 0 Å². The largest absolute Gasteiger partial charge is 0.481 e. The second-order valence-electron chi connectivity index (χ2n) is 6.91. The molecule has 0 saturated heterocycles. The fourth-order valence-electron chi connectivity index (χ4n) is 2.90. The van der Waals surface area contributed by atoms with E-state index in [1.165, 1.54) is 11.1 Å². The minimum absolute atomic E-state index is 0.118. The molecule has 0 bridgehead atoms. The molecule has 146 valence electrons. The van der Waals surface area contributed by atoms with E-state index in [-0.39, 0.29) is 5.91 Å². The summed E-state index contributed by atoms with van der Waals surface area (Å²) in [6, 6.07) is 14.0. The topological polar surface area (TPSA) is 41.6 Å². The van der Waals surface area contributed by atoms with E-state index in [9.17, 15) is 4.79 Å². The van der Waals surface area contributed by atoms with Gasteiger partial charge in [-0.05, 0) is 74.3 Å². The van der Waals surface area contributed by atoms with Crippen LogP contribution < -0.4 is 10.1 Å².